The van der Waals surface area contributed by atoms with Crippen LogP contribution in [0.2, 0.25) is 0 Å². The molecule has 0 bridgehead atoms. The van der Waals surface area contributed by atoms with Gasteiger partial charge in [-0.2, -0.15) is 0 Å². The molecule has 0 amide bonds. The van der Waals surface area contributed by atoms with Crippen molar-refractivity contribution in [1.82, 2.24) is 0 Å². The molecule has 21 heavy (non-hydrogen) atoms. The molecular formula is C18H23ClO2. The Morgan fingerprint density at radius 2 is 1.86 bits per heavy atom. The van der Waals surface area contributed by atoms with Crippen LogP contribution in [0.5, 0.6) is 0 Å². The topological polar surface area (TPSA) is 26.3 Å². The molecule has 1 aromatic rings. The van der Waals surface area contributed by atoms with E-state index in [9.17, 15) is 4.79 Å². The second-order valence-electron chi connectivity index (χ2n) is 5.27. The Kier molecular flexibility index (Phi) is 7.84. The fourth-order valence-corrected chi connectivity index (χ4v) is 2.00. The van der Waals surface area contributed by atoms with Crippen molar-refractivity contribution < 1.29 is 9.53 Å². The van der Waals surface area contributed by atoms with E-state index in [-0.39, 0.29) is 6.61 Å². The molecule has 3 heteroatoms. The van der Waals surface area contributed by atoms with Gasteiger partial charge < -0.3 is 4.74 Å². The molecule has 1 aromatic carbocycles. The zero-order valence-electron chi connectivity index (χ0n) is 12.9. The Morgan fingerprint density at radius 1 is 1.19 bits per heavy atom. The highest BCUT2D eigenvalue weighted by molar-refractivity contribution is 6.29. The normalized spacial score (nSPS) is 12.7. The van der Waals surface area contributed by atoms with Crippen molar-refractivity contribution in [3.8, 4) is 0 Å². The summed E-state index contributed by atoms with van der Waals surface area (Å²) < 4.78 is 5.19. The lowest BCUT2D eigenvalue weighted by Crippen LogP contribution is -2.11. The molecule has 0 fully saturated rings. The fourth-order valence-electron chi connectivity index (χ4n) is 1.79. The first-order valence-electron chi connectivity index (χ1n) is 7.15. The number of hydrogen-bond donors (Lipinski definition) is 0. The maximum absolute atomic E-state index is 11.8. The summed E-state index contributed by atoms with van der Waals surface area (Å²) in [6.45, 7) is 6.49. The maximum Gasteiger partial charge on any atom is 0.328 e. The highest BCUT2D eigenvalue weighted by Gasteiger charge is 2.18. The van der Waals surface area contributed by atoms with Crippen LogP contribution in [0.4, 0.5) is 0 Å². The van der Waals surface area contributed by atoms with Gasteiger partial charge in [-0.15, -0.1) is 11.6 Å². The third kappa shape index (κ3) is 7.14. The van der Waals surface area contributed by atoms with Gasteiger partial charge in [0, 0.05) is 0 Å². The molecule has 0 aliphatic carbocycles. The molecule has 0 saturated carbocycles. The third-order valence-corrected chi connectivity index (χ3v) is 3.48. The lowest BCUT2D eigenvalue weighted by atomic mass is 10.1. The van der Waals surface area contributed by atoms with Gasteiger partial charge in [-0.3, -0.25) is 4.79 Å². The number of alkyl halides is 1. The van der Waals surface area contributed by atoms with Crippen molar-refractivity contribution in [3.05, 3.63) is 59.2 Å². The Hall–Kier alpha value is -1.54. The molecule has 0 aliphatic rings. The number of hydrogen-bond acceptors (Lipinski definition) is 2. The first-order chi connectivity index (χ1) is 10.0. The van der Waals surface area contributed by atoms with E-state index in [1.807, 2.05) is 43.3 Å². The average Bonchev–Trinajstić information content (AvgIpc) is 2.46. The Labute approximate surface area is 132 Å². The van der Waals surface area contributed by atoms with Gasteiger partial charge in [0.25, 0.3) is 0 Å². The second-order valence-corrected chi connectivity index (χ2v) is 5.71. The van der Waals surface area contributed by atoms with Gasteiger partial charge in [-0.25, -0.2) is 0 Å². The van der Waals surface area contributed by atoms with Gasteiger partial charge in [0.05, 0.1) is 0 Å². The van der Waals surface area contributed by atoms with Crippen molar-refractivity contribution in [3.63, 3.8) is 0 Å². The predicted molar refractivity (Wildman–Crippen MR) is 88.4 cm³/mol. The van der Waals surface area contributed by atoms with Gasteiger partial charge in [0.2, 0.25) is 0 Å². The first-order valence-corrected chi connectivity index (χ1v) is 7.59. The van der Waals surface area contributed by atoms with E-state index in [1.54, 1.807) is 0 Å². The van der Waals surface area contributed by atoms with E-state index in [0.717, 1.165) is 18.4 Å². The first kappa shape index (κ1) is 17.5. The minimum Gasteiger partial charge on any atom is -0.460 e. The van der Waals surface area contributed by atoms with Gasteiger partial charge in [-0.1, -0.05) is 47.6 Å². The summed E-state index contributed by atoms with van der Waals surface area (Å²) in [7, 11) is 0. The molecule has 0 N–H and O–H groups in total. The largest absolute Gasteiger partial charge is 0.460 e. The van der Waals surface area contributed by atoms with Gasteiger partial charge in [0.15, 0.2) is 5.38 Å². The van der Waals surface area contributed by atoms with E-state index in [4.69, 9.17) is 16.3 Å². The minimum absolute atomic E-state index is 0.273. The number of ether oxygens (including phenoxy) is 1. The van der Waals surface area contributed by atoms with Crippen LogP contribution in [-0.4, -0.2) is 12.6 Å². The second kappa shape index (κ2) is 9.41. The number of carbonyl (C=O) groups excluding carboxylic acids is 1. The number of esters is 1. The van der Waals surface area contributed by atoms with Crippen molar-refractivity contribution in [1.29, 1.82) is 0 Å². The molecule has 1 rings (SSSR count). The van der Waals surface area contributed by atoms with Crippen molar-refractivity contribution >= 4 is 17.6 Å². The highest BCUT2D eigenvalue weighted by Crippen LogP contribution is 2.21. The van der Waals surface area contributed by atoms with Gasteiger partial charge in [-0.05, 0) is 45.3 Å². The third-order valence-electron chi connectivity index (χ3n) is 3.05. The molecule has 0 radical (unpaired) electrons. The number of carbonyl (C=O) groups is 1. The van der Waals surface area contributed by atoms with E-state index >= 15 is 0 Å². The predicted octanol–water partition coefficient (Wildman–Crippen LogP) is 5.20. The average molecular weight is 307 g/mol. The number of allylic oxidation sites excluding steroid dienone is 3. The summed E-state index contributed by atoms with van der Waals surface area (Å²) in [4.78, 5) is 11.8. The molecule has 114 valence electrons. The van der Waals surface area contributed by atoms with Crippen molar-refractivity contribution in [2.75, 3.05) is 6.61 Å². The van der Waals surface area contributed by atoms with Crippen LogP contribution in [0.1, 0.15) is 44.6 Å². The summed E-state index contributed by atoms with van der Waals surface area (Å²) >= 11 is 6.09. The summed E-state index contributed by atoms with van der Waals surface area (Å²) in [6.07, 6.45) is 6.13. The van der Waals surface area contributed by atoms with Gasteiger partial charge in [0.1, 0.15) is 6.61 Å². The van der Waals surface area contributed by atoms with E-state index in [2.05, 4.69) is 19.9 Å². The maximum atomic E-state index is 11.8. The molecule has 0 aromatic heterocycles. The van der Waals surface area contributed by atoms with Crippen LogP contribution in [0.15, 0.2) is 53.6 Å². The smallest absolute Gasteiger partial charge is 0.328 e. The Morgan fingerprint density at radius 3 is 2.48 bits per heavy atom. The molecule has 1 unspecified atom stereocenters. The summed E-state index contributed by atoms with van der Waals surface area (Å²) in [6, 6.07) is 9.23. The summed E-state index contributed by atoms with van der Waals surface area (Å²) in [5.41, 5.74) is 3.29. The number of rotatable bonds is 7. The van der Waals surface area contributed by atoms with Crippen molar-refractivity contribution in [2.45, 2.75) is 39.0 Å². The molecule has 0 aliphatic heterocycles. The number of benzene rings is 1. The molecule has 1 atom stereocenters. The molecule has 0 spiro atoms. The molecule has 0 heterocycles. The summed E-state index contributed by atoms with van der Waals surface area (Å²) in [5.74, 6) is -0.406. The minimum atomic E-state index is -0.745. The Bertz CT molecular complexity index is 499. The highest BCUT2D eigenvalue weighted by atomic mass is 35.5. The SMILES string of the molecule is CC(C)=CCC/C(C)=C/COC(=O)C(Cl)c1ccccc1. The van der Waals surface area contributed by atoms with E-state index < -0.39 is 11.3 Å². The van der Waals surface area contributed by atoms with Crippen LogP contribution in [0, 0.1) is 0 Å². The van der Waals surface area contributed by atoms with E-state index in [0.29, 0.717) is 0 Å². The number of halogens is 1. The van der Waals surface area contributed by atoms with Crippen LogP contribution < -0.4 is 0 Å². The Balaban J connectivity index is 2.37. The zero-order chi connectivity index (χ0) is 15.7. The molecule has 0 saturated heterocycles. The quantitative estimate of drug-likeness (QED) is 0.393. The molecule has 2 nitrogen and oxygen atoms in total. The zero-order valence-corrected chi connectivity index (χ0v) is 13.7. The lowest BCUT2D eigenvalue weighted by Gasteiger charge is -2.09. The molecular weight excluding hydrogens is 284 g/mol. The fraction of sp³-hybridized carbons (Fsp3) is 0.389. The van der Waals surface area contributed by atoms with Crippen LogP contribution in [0.25, 0.3) is 0 Å². The van der Waals surface area contributed by atoms with Crippen LogP contribution in [-0.2, 0) is 9.53 Å². The van der Waals surface area contributed by atoms with Gasteiger partial charge >= 0.3 is 5.97 Å². The monoisotopic (exact) mass is 306 g/mol. The van der Waals surface area contributed by atoms with Crippen LogP contribution >= 0.6 is 11.6 Å². The summed E-state index contributed by atoms with van der Waals surface area (Å²) in [5, 5.41) is -0.745. The lowest BCUT2D eigenvalue weighted by molar-refractivity contribution is -0.142. The van der Waals surface area contributed by atoms with Crippen molar-refractivity contribution in [2.24, 2.45) is 0 Å². The standard InChI is InChI=1S/C18H23ClO2/c1-14(2)8-7-9-15(3)12-13-21-18(20)17(19)16-10-5-4-6-11-16/h4-6,8,10-12,17H,7,9,13H2,1-3H3/b15-12+. The van der Waals surface area contributed by atoms with E-state index in [1.165, 1.54) is 11.1 Å². The van der Waals surface area contributed by atoms with Crippen LogP contribution in [0.3, 0.4) is 0 Å².